The Bertz CT molecular complexity index is 276. The molecule has 0 aliphatic carbocycles. The Kier molecular flexibility index (Phi) is 17.0. The molecular weight excluding hydrogens is 316 g/mol. The first-order valence-electron chi connectivity index (χ1n) is 12.1. The second-order valence-electron chi connectivity index (χ2n) is 8.62. The summed E-state index contributed by atoms with van der Waals surface area (Å²) in [6.07, 6.45) is 21.0. The molecule has 0 amide bonds. The predicted octanol–water partition coefficient (Wildman–Crippen LogP) is 7.20. The van der Waals surface area contributed by atoms with E-state index in [4.69, 9.17) is 11.5 Å². The monoisotopic (exact) mass is 368 g/mol. The van der Waals surface area contributed by atoms with E-state index >= 15 is 0 Å². The van der Waals surface area contributed by atoms with Gasteiger partial charge in [0.15, 0.2) is 0 Å². The smallest absolute Gasteiger partial charge is 0.0211 e. The van der Waals surface area contributed by atoms with Gasteiger partial charge in [0.1, 0.15) is 0 Å². The van der Waals surface area contributed by atoms with Crippen LogP contribution in [0.4, 0.5) is 0 Å². The van der Waals surface area contributed by atoms with Gasteiger partial charge in [0.05, 0.1) is 0 Å². The van der Waals surface area contributed by atoms with E-state index in [-0.39, 0.29) is 5.54 Å². The minimum absolute atomic E-state index is 0.0672. The largest absolute Gasteiger partial charge is 0.330 e. The van der Waals surface area contributed by atoms with Gasteiger partial charge in [-0.15, -0.1) is 0 Å². The molecule has 0 saturated heterocycles. The van der Waals surface area contributed by atoms with Crippen LogP contribution in [0.25, 0.3) is 0 Å². The van der Waals surface area contributed by atoms with Crippen molar-refractivity contribution in [2.75, 3.05) is 6.54 Å². The van der Waals surface area contributed by atoms with Crippen molar-refractivity contribution in [3.8, 4) is 0 Å². The van der Waals surface area contributed by atoms with Gasteiger partial charge in [0.2, 0.25) is 0 Å². The minimum Gasteiger partial charge on any atom is -0.330 e. The molecule has 0 aromatic carbocycles. The molecule has 0 aromatic rings. The molecule has 2 unspecified atom stereocenters. The Morgan fingerprint density at radius 1 is 0.615 bits per heavy atom. The molecule has 2 heteroatoms. The van der Waals surface area contributed by atoms with Crippen LogP contribution in [0, 0.1) is 11.8 Å². The van der Waals surface area contributed by atoms with E-state index in [2.05, 4.69) is 27.7 Å². The average Bonchev–Trinajstić information content (AvgIpc) is 2.65. The van der Waals surface area contributed by atoms with Crippen molar-refractivity contribution in [1.29, 1.82) is 0 Å². The van der Waals surface area contributed by atoms with E-state index in [1.54, 1.807) is 0 Å². The van der Waals surface area contributed by atoms with Gasteiger partial charge in [0, 0.05) is 5.54 Å². The van der Waals surface area contributed by atoms with Gasteiger partial charge < -0.3 is 11.5 Å². The Morgan fingerprint density at radius 3 is 1.35 bits per heavy atom. The molecule has 0 bridgehead atoms. The van der Waals surface area contributed by atoms with E-state index in [1.165, 1.54) is 103 Å². The highest BCUT2D eigenvalue weighted by Gasteiger charge is 2.38. The van der Waals surface area contributed by atoms with Crippen LogP contribution < -0.4 is 11.5 Å². The van der Waals surface area contributed by atoms with E-state index < -0.39 is 0 Å². The SMILES string of the molecule is CCCC(CC)C(N)(CCCCCCCCCCCN)C(CC)CCC. The third-order valence-electron chi connectivity index (χ3n) is 6.59. The second kappa shape index (κ2) is 17.0. The molecular formula is C24H52N2. The Balaban J connectivity index is 4.30. The van der Waals surface area contributed by atoms with Gasteiger partial charge in [-0.2, -0.15) is 0 Å². The maximum atomic E-state index is 7.18. The van der Waals surface area contributed by atoms with Crippen molar-refractivity contribution in [3.63, 3.8) is 0 Å². The minimum atomic E-state index is 0.0672. The summed E-state index contributed by atoms with van der Waals surface area (Å²) in [5.74, 6) is 1.40. The standard InChI is InChI=1S/C24H52N2/c1-5-18-22(7-3)24(26,23(8-4)19-6-2)20-16-14-12-10-9-11-13-15-17-21-25/h22-23H,5-21,25-26H2,1-4H3. The molecule has 158 valence electrons. The normalized spacial score (nSPS) is 16.4. The van der Waals surface area contributed by atoms with Crippen molar-refractivity contribution in [1.82, 2.24) is 0 Å². The number of unbranched alkanes of at least 4 members (excludes halogenated alkanes) is 8. The molecule has 2 atom stereocenters. The molecule has 0 aliphatic rings. The number of hydrogen-bond acceptors (Lipinski definition) is 2. The summed E-state index contributed by atoms with van der Waals surface area (Å²) in [4.78, 5) is 0. The Morgan fingerprint density at radius 2 is 1.00 bits per heavy atom. The number of hydrogen-bond donors (Lipinski definition) is 2. The molecule has 2 nitrogen and oxygen atoms in total. The zero-order chi connectivity index (χ0) is 19.7. The molecule has 0 rings (SSSR count). The van der Waals surface area contributed by atoms with Crippen molar-refractivity contribution < 1.29 is 0 Å². The fraction of sp³-hybridized carbons (Fsp3) is 1.00. The first-order valence-corrected chi connectivity index (χ1v) is 12.1. The first kappa shape index (κ1) is 25.9. The summed E-state index contributed by atoms with van der Waals surface area (Å²) in [5.41, 5.74) is 12.8. The average molecular weight is 369 g/mol. The first-order chi connectivity index (χ1) is 12.6. The van der Waals surface area contributed by atoms with Crippen LogP contribution in [-0.2, 0) is 0 Å². The summed E-state index contributed by atoms with van der Waals surface area (Å²) in [6.45, 7) is 10.2. The van der Waals surface area contributed by atoms with Crippen molar-refractivity contribution >= 4 is 0 Å². The van der Waals surface area contributed by atoms with E-state index in [0.717, 1.165) is 6.54 Å². The summed E-state index contributed by atoms with van der Waals surface area (Å²) in [6, 6.07) is 0. The van der Waals surface area contributed by atoms with Gasteiger partial charge in [-0.1, -0.05) is 105 Å². The van der Waals surface area contributed by atoms with Gasteiger partial charge >= 0.3 is 0 Å². The zero-order valence-corrected chi connectivity index (χ0v) is 18.8. The zero-order valence-electron chi connectivity index (χ0n) is 18.8. The van der Waals surface area contributed by atoms with E-state index in [9.17, 15) is 0 Å². The van der Waals surface area contributed by atoms with Gasteiger partial charge in [-0.05, 0) is 44.1 Å². The van der Waals surface area contributed by atoms with Crippen LogP contribution in [0.2, 0.25) is 0 Å². The van der Waals surface area contributed by atoms with E-state index in [0.29, 0.717) is 11.8 Å². The van der Waals surface area contributed by atoms with Crippen LogP contribution in [0.1, 0.15) is 130 Å². The van der Waals surface area contributed by atoms with E-state index in [1.807, 2.05) is 0 Å². The van der Waals surface area contributed by atoms with Crippen LogP contribution in [0.15, 0.2) is 0 Å². The molecule has 0 aliphatic heterocycles. The second-order valence-corrected chi connectivity index (χ2v) is 8.62. The highest BCUT2D eigenvalue weighted by molar-refractivity contribution is 4.96. The predicted molar refractivity (Wildman–Crippen MR) is 120 cm³/mol. The van der Waals surface area contributed by atoms with Crippen molar-refractivity contribution in [3.05, 3.63) is 0 Å². The van der Waals surface area contributed by atoms with Crippen LogP contribution in [0.5, 0.6) is 0 Å². The topological polar surface area (TPSA) is 52.0 Å². The van der Waals surface area contributed by atoms with Crippen molar-refractivity contribution in [2.24, 2.45) is 23.3 Å². The lowest BCUT2D eigenvalue weighted by Crippen LogP contribution is -2.53. The number of rotatable bonds is 19. The highest BCUT2D eigenvalue weighted by Crippen LogP contribution is 2.38. The van der Waals surface area contributed by atoms with Crippen LogP contribution in [-0.4, -0.2) is 12.1 Å². The maximum Gasteiger partial charge on any atom is 0.0211 e. The fourth-order valence-corrected chi connectivity index (χ4v) is 4.96. The molecule has 0 aromatic heterocycles. The molecule has 26 heavy (non-hydrogen) atoms. The summed E-state index contributed by atoms with van der Waals surface area (Å²) < 4.78 is 0. The lowest BCUT2D eigenvalue weighted by molar-refractivity contribution is 0.128. The number of nitrogens with two attached hydrogens (primary N) is 2. The van der Waals surface area contributed by atoms with Gasteiger partial charge in [0.25, 0.3) is 0 Å². The quantitative estimate of drug-likeness (QED) is 0.237. The van der Waals surface area contributed by atoms with Crippen LogP contribution >= 0.6 is 0 Å². The third-order valence-corrected chi connectivity index (χ3v) is 6.59. The maximum absolute atomic E-state index is 7.18. The summed E-state index contributed by atoms with van der Waals surface area (Å²) in [5, 5.41) is 0. The summed E-state index contributed by atoms with van der Waals surface area (Å²) in [7, 11) is 0. The molecule has 4 N–H and O–H groups in total. The lowest BCUT2D eigenvalue weighted by Gasteiger charge is -2.44. The molecule has 0 heterocycles. The van der Waals surface area contributed by atoms with Crippen LogP contribution in [0.3, 0.4) is 0 Å². The highest BCUT2D eigenvalue weighted by atomic mass is 14.8. The molecule has 0 spiro atoms. The Hall–Kier alpha value is -0.0800. The molecule has 0 radical (unpaired) electrons. The lowest BCUT2D eigenvalue weighted by atomic mass is 9.66. The Labute approximate surface area is 166 Å². The summed E-state index contributed by atoms with van der Waals surface area (Å²) >= 11 is 0. The van der Waals surface area contributed by atoms with Gasteiger partial charge in [-0.3, -0.25) is 0 Å². The van der Waals surface area contributed by atoms with Gasteiger partial charge in [-0.25, -0.2) is 0 Å². The van der Waals surface area contributed by atoms with Crippen molar-refractivity contribution in [2.45, 2.75) is 136 Å². The fourth-order valence-electron chi connectivity index (χ4n) is 4.96. The third kappa shape index (κ3) is 10.3. The molecule has 0 saturated carbocycles. The molecule has 0 fully saturated rings.